The molecule has 2 rings (SSSR count). The molecule has 0 amide bonds. The van der Waals surface area contributed by atoms with Gasteiger partial charge >= 0.3 is 6.01 Å². The van der Waals surface area contributed by atoms with Crippen LogP contribution < -0.4 is 15.4 Å². The zero-order valence-corrected chi connectivity index (χ0v) is 10.8. The van der Waals surface area contributed by atoms with E-state index in [1.165, 1.54) is 0 Å². The fourth-order valence-electron chi connectivity index (χ4n) is 1.39. The third-order valence-corrected chi connectivity index (χ3v) is 2.49. The van der Waals surface area contributed by atoms with Crippen LogP contribution in [0, 0.1) is 0 Å². The second-order valence-corrected chi connectivity index (χ2v) is 3.91. The van der Waals surface area contributed by atoms with E-state index in [4.69, 9.17) is 20.8 Å². The van der Waals surface area contributed by atoms with Gasteiger partial charge in [-0.1, -0.05) is 16.7 Å². The van der Waals surface area contributed by atoms with Gasteiger partial charge in [0.1, 0.15) is 5.75 Å². The first kappa shape index (κ1) is 12.7. The summed E-state index contributed by atoms with van der Waals surface area (Å²) in [7, 11) is 3.37. The maximum atomic E-state index is 6.01. The standard InChI is InChI=1S/C11H13ClN4O2/c1-13-6-10-15-16-11(18-10)14-7-3-4-9(17-2)8(12)5-7/h3-5,13H,6H2,1-2H3,(H,14,16). The highest BCUT2D eigenvalue weighted by Gasteiger charge is 2.07. The van der Waals surface area contributed by atoms with Gasteiger partial charge in [-0.05, 0) is 25.2 Å². The number of methoxy groups -OCH3 is 1. The fraction of sp³-hybridized carbons (Fsp3) is 0.273. The highest BCUT2D eigenvalue weighted by Crippen LogP contribution is 2.28. The van der Waals surface area contributed by atoms with E-state index in [-0.39, 0.29) is 0 Å². The van der Waals surface area contributed by atoms with E-state index in [0.29, 0.717) is 29.2 Å². The number of rotatable bonds is 5. The Hall–Kier alpha value is -1.79. The fourth-order valence-corrected chi connectivity index (χ4v) is 1.65. The molecule has 0 saturated carbocycles. The molecular weight excluding hydrogens is 256 g/mol. The Bertz CT molecular complexity index is 530. The lowest BCUT2D eigenvalue weighted by Gasteiger charge is -2.05. The Morgan fingerprint density at radius 3 is 2.89 bits per heavy atom. The first-order valence-electron chi connectivity index (χ1n) is 5.30. The molecule has 0 aliphatic heterocycles. The van der Waals surface area contributed by atoms with Gasteiger partial charge in [0.2, 0.25) is 5.89 Å². The van der Waals surface area contributed by atoms with Crippen molar-refractivity contribution >= 4 is 23.3 Å². The molecule has 0 saturated heterocycles. The smallest absolute Gasteiger partial charge is 0.320 e. The molecule has 0 aliphatic carbocycles. The average Bonchev–Trinajstić information content (AvgIpc) is 2.77. The lowest BCUT2D eigenvalue weighted by atomic mass is 10.3. The molecule has 1 aromatic carbocycles. The molecule has 1 heterocycles. The maximum absolute atomic E-state index is 6.01. The molecule has 0 spiro atoms. The van der Waals surface area contributed by atoms with E-state index in [0.717, 1.165) is 5.69 Å². The number of halogens is 1. The Morgan fingerprint density at radius 1 is 1.39 bits per heavy atom. The van der Waals surface area contributed by atoms with E-state index in [2.05, 4.69) is 20.8 Å². The topological polar surface area (TPSA) is 72.2 Å². The molecule has 0 atom stereocenters. The van der Waals surface area contributed by atoms with Crippen LogP contribution in [0.3, 0.4) is 0 Å². The SMILES string of the molecule is CNCc1nnc(Nc2ccc(OC)c(Cl)c2)o1. The Balaban J connectivity index is 2.10. The number of nitrogens with one attached hydrogen (secondary N) is 2. The Morgan fingerprint density at radius 2 is 2.22 bits per heavy atom. The summed E-state index contributed by atoms with van der Waals surface area (Å²) >= 11 is 6.01. The molecule has 2 aromatic rings. The summed E-state index contributed by atoms with van der Waals surface area (Å²) in [5, 5.41) is 14.1. The summed E-state index contributed by atoms with van der Waals surface area (Å²) in [6.45, 7) is 0.526. The number of ether oxygens (including phenoxy) is 1. The number of hydrogen-bond acceptors (Lipinski definition) is 6. The Labute approximate surface area is 109 Å². The van der Waals surface area contributed by atoms with Crippen molar-refractivity contribution in [2.75, 3.05) is 19.5 Å². The predicted molar refractivity (Wildman–Crippen MR) is 68.3 cm³/mol. The van der Waals surface area contributed by atoms with Crippen LogP contribution in [0.4, 0.5) is 11.7 Å². The van der Waals surface area contributed by atoms with Crippen molar-refractivity contribution < 1.29 is 9.15 Å². The van der Waals surface area contributed by atoms with Crippen molar-refractivity contribution in [2.24, 2.45) is 0 Å². The van der Waals surface area contributed by atoms with Gasteiger partial charge in [0.15, 0.2) is 0 Å². The number of nitrogens with zero attached hydrogens (tertiary/aromatic N) is 2. The summed E-state index contributed by atoms with van der Waals surface area (Å²) in [4.78, 5) is 0. The van der Waals surface area contributed by atoms with Gasteiger partial charge in [0, 0.05) is 5.69 Å². The molecule has 0 aliphatic rings. The van der Waals surface area contributed by atoms with Crippen molar-refractivity contribution in [3.63, 3.8) is 0 Å². The van der Waals surface area contributed by atoms with Crippen LogP contribution in [0.15, 0.2) is 22.6 Å². The molecule has 6 nitrogen and oxygen atoms in total. The van der Waals surface area contributed by atoms with E-state index in [9.17, 15) is 0 Å². The number of benzene rings is 1. The van der Waals surface area contributed by atoms with Crippen molar-refractivity contribution in [3.05, 3.63) is 29.1 Å². The quantitative estimate of drug-likeness (QED) is 0.866. The zero-order chi connectivity index (χ0) is 13.0. The normalized spacial score (nSPS) is 10.4. The molecule has 0 fully saturated rings. The summed E-state index contributed by atoms with van der Waals surface area (Å²) in [6, 6.07) is 5.62. The lowest BCUT2D eigenvalue weighted by molar-refractivity contribution is 0.415. The van der Waals surface area contributed by atoms with Gasteiger partial charge in [-0.15, -0.1) is 5.10 Å². The molecule has 2 N–H and O–H groups in total. The molecule has 0 bridgehead atoms. The summed E-state index contributed by atoms with van der Waals surface area (Å²) < 4.78 is 10.4. The zero-order valence-electron chi connectivity index (χ0n) is 10.0. The third kappa shape index (κ3) is 2.91. The average molecular weight is 269 g/mol. The molecule has 0 unspecified atom stereocenters. The van der Waals surface area contributed by atoms with Gasteiger partial charge in [-0.3, -0.25) is 0 Å². The van der Waals surface area contributed by atoms with Crippen LogP contribution in [0.2, 0.25) is 5.02 Å². The highest BCUT2D eigenvalue weighted by molar-refractivity contribution is 6.32. The second-order valence-electron chi connectivity index (χ2n) is 3.51. The van der Waals surface area contributed by atoms with Gasteiger partial charge in [-0.25, -0.2) is 0 Å². The molecule has 1 aromatic heterocycles. The minimum Gasteiger partial charge on any atom is -0.495 e. The first-order chi connectivity index (χ1) is 8.72. The van der Waals surface area contributed by atoms with Crippen molar-refractivity contribution in [2.45, 2.75) is 6.54 Å². The second kappa shape index (κ2) is 5.70. The van der Waals surface area contributed by atoms with Gasteiger partial charge in [-0.2, -0.15) is 0 Å². The molecule has 18 heavy (non-hydrogen) atoms. The van der Waals surface area contributed by atoms with Crippen molar-refractivity contribution in [1.29, 1.82) is 0 Å². The maximum Gasteiger partial charge on any atom is 0.320 e. The number of hydrogen-bond donors (Lipinski definition) is 2. The Kier molecular flexibility index (Phi) is 4.01. The molecule has 7 heteroatoms. The van der Waals surface area contributed by atoms with Crippen LogP contribution in [-0.2, 0) is 6.54 Å². The van der Waals surface area contributed by atoms with Gasteiger partial charge in [0.25, 0.3) is 0 Å². The van der Waals surface area contributed by atoms with E-state index in [1.54, 1.807) is 26.3 Å². The van der Waals surface area contributed by atoms with Gasteiger partial charge in [0.05, 0.1) is 18.7 Å². The highest BCUT2D eigenvalue weighted by atomic mass is 35.5. The first-order valence-corrected chi connectivity index (χ1v) is 5.68. The summed E-state index contributed by atoms with van der Waals surface area (Å²) in [5.74, 6) is 1.13. The van der Waals surface area contributed by atoms with Crippen LogP contribution in [0.25, 0.3) is 0 Å². The third-order valence-electron chi connectivity index (χ3n) is 2.20. The summed E-state index contributed by atoms with van der Waals surface area (Å²) in [5.41, 5.74) is 0.750. The van der Waals surface area contributed by atoms with Crippen LogP contribution in [0.5, 0.6) is 5.75 Å². The van der Waals surface area contributed by atoms with Crippen LogP contribution >= 0.6 is 11.6 Å². The number of aromatic nitrogens is 2. The van der Waals surface area contributed by atoms with Crippen LogP contribution in [-0.4, -0.2) is 24.4 Å². The van der Waals surface area contributed by atoms with E-state index < -0.39 is 0 Å². The number of anilines is 2. The molecular formula is C11H13ClN4O2. The monoisotopic (exact) mass is 268 g/mol. The van der Waals surface area contributed by atoms with E-state index in [1.807, 2.05) is 6.07 Å². The van der Waals surface area contributed by atoms with Crippen LogP contribution in [0.1, 0.15) is 5.89 Å². The lowest BCUT2D eigenvalue weighted by Crippen LogP contribution is -2.04. The van der Waals surface area contributed by atoms with Crippen molar-refractivity contribution in [3.8, 4) is 5.75 Å². The minimum atomic E-state index is 0.321. The summed E-state index contributed by atoms with van der Waals surface area (Å²) in [6.07, 6.45) is 0. The predicted octanol–water partition coefficient (Wildman–Crippen LogP) is 2.19. The molecule has 0 radical (unpaired) electrons. The van der Waals surface area contributed by atoms with E-state index >= 15 is 0 Å². The molecule has 96 valence electrons. The van der Waals surface area contributed by atoms with Crippen molar-refractivity contribution in [1.82, 2.24) is 15.5 Å². The largest absolute Gasteiger partial charge is 0.495 e. The minimum absolute atomic E-state index is 0.321. The van der Waals surface area contributed by atoms with Gasteiger partial charge < -0.3 is 19.8 Å².